The summed E-state index contributed by atoms with van der Waals surface area (Å²) in [4.78, 5) is 11.6. The Labute approximate surface area is 106 Å². The SMILES string of the molecule is CC(C)CCCC(C)NC(=O)COC(C)(C)C. The highest BCUT2D eigenvalue weighted by molar-refractivity contribution is 5.77. The van der Waals surface area contributed by atoms with Crippen LogP contribution < -0.4 is 5.32 Å². The number of amides is 1. The van der Waals surface area contributed by atoms with E-state index in [2.05, 4.69) is 26.1 Å². The van der Waals surface area contributed by atoms with E-state index in [1.807, 2.05) is 20.8 Å². The van der Waals surface area contributed by atoms with Crippen molar-refractivity contribution < 1.29 is 9.53 Å². The average molecular weight is 243 g/mol. The highest BCUT2D eigenvalue weighted by atomic mass is 16.5. The Balaban J connectivity index is 3.66. The van der Waals surface area contributed by atoms with Gasteiger partial charge in [-0.25, -0.2) is 0 Å². The summed E-state index contributed by atoms with van der Waals surface area (Å²) in [6.45, 7) is 12.5. The quantitative estimate of drug-likeness (QED) is 0.746. The second-order valence-corrected chi connectivity index (χ2v) is 6.19. The van der Waals surface area contributed by atoms with Gasteiger partial charge in [-0.3, -0.25) is 4.79 Å². The van der Waals surface area contributed by atoms with Gasteiger partial charge >= 0.3 is 0 Å². The van der Waals surface area contributed by atoms with Crippen molar-refractivity contribution >= 4 is 5.91 Å². The standard InChI is InChI=1S/C14H29NO2/c1-11(2)8-7-9-12(3)15-13(16)10-17-14(4,5)6/h11-12H,7-10H2,1-6H3,(H,15,16). The normalized spacial score (nSPS) is 13.8. The van der Waals surface area contributed by atoms with Crippen molar-refractivity contribution in [2.45, 2.75) is 72.4 Å². The van der Waals surface area contributed by atoms with Crippen LogP contribution in [0.2, 0.25) is 0 Å². The Morgan fingerprint density at radius 3 is 2.24 bits per heavy atom. The fourth-order valence-electron chi connectivity index (χ4n) is 1.50. The third-order valence-electron chi connectivity index (χ3n) is 2.46. The molecule has 0 rings (SSSR count). The molecule has 0 aromatic carbocycles. The van der Waals surface area contributed by atoms with E-state index in [1.165, 1.54) is 12.8 Å². The Morgan fingerprint density at radius 2 is 1.76 bits per heavy atom. The van der Waals surface area contributed by atoms with Crippen LogP contribution in [0, 0.1) is 5.92 Å². The van der Waals surface area contributed by atoms with Crippen LogP contribution in [0.3, 0.4) is 0 Å². The molecule has 102 valence electrons. The Morgan fingerprint density at radius 1 is 1.18 bits per heavy atom. The summed E-state index contributed by atoms with van der Waals surface area (Å²) in [5.74, 6) is 0.721. The molecule has 0 fully saturated rings. The molecule has 0 bridgehead atoms. The van der Waals surface area contributed by atoms with Gasteiger partial charge < -0.3 is 10.1 Å². The van der Waals surface area contributed by atoms with Crippen LogP contribution in [0.5, 0.6) is 0 Å². The molecule has 3 heteroatoms. The van der Waals surface area contributed by atoms with Crippen LogP contribution in [-0.4, -0.2) is 24.2 Å². The smallest absolute Gasteiger partial charge is 0.246 e. The van der Waals surface area contributed by atoms with Crippen LogP contribution in [0.15, 0.2) is 0 Å². The van der Waals surface area contributed by atoms with E-state index in [9.17, 15) is 4.79 Å². The second kappa shape index (κ2) is 7.70. The van der Waals surface area contributed by atoms with Gasteiger partial charge in [-0.05, 0) is 40.0 Å². The summed E-state index contributed by atoms with van der Waals surface area (Å²) in [6.07, 6.45) is 3.43. The van der Waals surface area contributed by atoms with Crippen molar-refractivity contribution in [2.24, 2.45) is 5.92 Å². The van der Waals surface area contributed by atoms with Crippen LogP contribution in [0.25, 0.3) is 0 Å². The number of rotatable bonds is 7. The van der Waals surface area contributed by atoms with E-state index in [1.54, 1.807) is 0 Å². The molecule has 0 aromatic heterocycles. The maximum absolute atomic E-state index is 11.6. The van der Waals surface area contributed by atoms with Gasteiger partial charge in [-0.15, -0.1) is 0 Å². The lowest BCUT2D eigenvalue weighted by atomic mass is 10.0. The van der Waals surface area contributed by atoms with Gasteiger partial charge in [-0.2, -0.15) is 0 Å². The van der Waals surface area contributed by atoms with E-state index in [4.69, 9.17) is 4.74 Å². The number of carbonyl (C=O) groups is 1. The van der Waals surface area contributed by atoms with Crippen LogP contribution in [0.1, 0.15) is 60.8 Å². The molecule has 3 nitrogen and oxygen atoms in total. The molecular weight excluding hydrogens is 214 g/mol. The van der Waals surface area contributed by atoms with E-state index < -0.39 is 0 Å². The topological polar surface area (TPSA) is 38.3 Å². The zero-order valence-electron chi connectivity index (χ0n) is 12.3. The zero-order chi connectivity index (χ0) is 13.5. The zero-order valence-corrected chi connectivity index (χ0v) is 12.3. The van der Waals surface area contributed by atoms with Crippen molar-refractivity contribution in [2.75, 3.05) is 6.61 Å². The van der Waals surface area contributed by atoms with Crippen molar-refractivity contribution in [3.05, 3.63) is 0 Å². The molecule has 1 N–H and O–H groups in total. The Hall–Kier alpha value is -0.570. The highest BCUT2D eigenvalue weighted by Gasteiger charge is 2.14. The van der Waals surface area contributed by atoms with Gasteiger partial charge in [0.2, 0.25) is 5.91 Å². The molecule has 0 saturated heterocycles. The number of ether oxygens (including phenoxy) is 1. The Bertz CT molecular complexity index is 219. The van der Waals surface area contributed by atoms with Crippen LogP contribution >= 0.6 is 0 Å². The summed E-state index contributed by atoms with van der Waals surface area (Å²) in [5.41, 5.74) is -0.252. The molecule has 0 radical (unpaired) electrons. The largest absolute Gasteiger partial charge is 0.366 e. The predicted octanol–water partition coefficient (Wildman–Crippen LogP) is 3.13. The molecule has 0 aromatic rings. The van der Waals surface area contributed by atoms with E-state index in [0.717, 1.165) is 12.3 Å². The summed E-state index contributed by atoms with van der Waals surface area (Å²) >= 11 is 0. The fraction of sp³-hybridized carbons (Fsp3) is 0.929. The third-order valence-corrected chi connectivity index (χ3v) is 2.46. The van der Waals surface area contributed by atoms with Crippen LogP contribution in [-0.2, 0) is 9.53 Å². The summed E-state index contributed by atoms with van der Waals surface area (Å²) < 4.78 is 5.42. The van der Waals surface area contributed by atoms with E-state index in [0.29, 0.717) is 0 Å². The predicted molar refractivity (Wildman–Crippen MR) is 72.0 cm³/mol. The van der Waals surface area contributed by atoms with Crippen molar-refractivity contribution in [1.29, 1.82) is 0 Å². The van der Waals surface area contributed by atoms with Gasteiger partial charge in [0.25, 0.3) is 0 Å². The lowest BCUT2D eigenvalue weighted by Gasteiger charge is -2.20. The first kappa shape index (κ1) is 16.4. The molecule has 0 heterocycles. The molecule has 0 aliphatic rings. The van der Waals surface area contributed by atoms with Crippen LogP contribution in [0.4, 0.5) is 0 Å². The summed E-state index contributed by atoms with van der Waals surface area (Å²) in [5, 5.41) is 2.96. The monoisotopic (exact) mass is 243 g/mol. The molecule has 1 amide bonds. The lowest BCUT2D eigenvalue weighted by Crippen LogP contribution is -2.37. The van der Waals surface area contributed by atoms with Crippen molar-refractivity contribution in [3.8, 4) is 0 Å². The minimum atomic E-state index is -0.252. The number of hydrogen-bond acceptors (Lipinski definition) is 2. The Kier molecular flexibility index (Phi) is 7.44. The maximum Gasteiger partial charge on any atom is 0.246 e. The fourth-order valence-corrected chi connectivity index (χ4v) is 1.50. The second-order valence-electron chi connectivity index (χ2n) is 6.19. The molecule has 1 unspecified atom stereocenters. The molecular formula is C14H29NO2. The minimum absolute atomic E-state index is 0.0167. The highest BCUT2D eigenvalue weighted by Crippen LogP contribution is 2.09. The number of carbonyl (C=O) groups excluding carboxylic acids is 1. The minimum Gasteiger partial charge on any atom is -0.366 e. The van der Waals surface area contributed by atoms with Gasteiger partial charge in [0.15, 0.2) is 0 Å². The first-order valence-corrected chi connectivity index (χ1v) is 6.64. The summed E-state index contributed by atoms with van der Waals surface area (Å²) in [6, 6.07) is 0.241. The summed E-state index contributed by atoms with van der Waals surface area (Å²) in [7, 11) is 0. The third kappa shape index (κ3) is 11.7. The number of nitrogens with one attached hydrogen (secondary N) is 1. The van der Waals surface area contributed by atoms with E-state index >= 15 is 0 Å². The molecule has 17 heavy (non-hydrogen) atoms. The van der Waals surface area contributed by atoms with Gasteiger partial charge in [0.1, 0.15) is 6.61 Å². The molecule has 0 spiro atoms. The molecule has 0 saturated carbocycles. The van der Waals surface area contributed by atoms with Crippen molar-refractivity contribution in [1.82, 2.24) is 5.32 Å². The lowest BCUT2D eigenvalue weighted by molar-refractivity contribution is -0.131. The van der Waals surface area contributed by atoms with Gasteiger partial charge in [0, 0.05) is 6.04 Å². The maximum atomic E-state index is 11.6. The van der Waals surface area contributed by atoms with E-state index in [-0.39, 0.29) is 24.2 Å². The van der Waals surface area contributed by atoms with Gasteiger partial charge in [0.05, 0.1) is 5.60 Å². The number of hydrogen-bond donors (Lipinski definition) is 1. The average Bonchev–Trinajstić information content (AvgIpc) is 2.13. The molecule has 0 aliphatic heterocycles. The van der Waals surface area contributed by atoms with Crippen molar-refractivity contribution in [3.63, 3.8) is 0 Å². The molecule has 0 aliphatic carbocycles. The molecule has 1 atom stereocenters. The first-order chi connectivity index (χ1) is 7.70. The van der Waals surface area contributed by atoms with Gasteiger partial charge in [-0.1, -0.05) is 26.7 Å². The first-order valence-electron chi connectivity index (χ1n) is 6.64.